The summed E-state index contributed by atoms with van der Waals surface area (Å²) in [6.45, 7) is 4.54. The Hall–Kier alpha value is -2.77. The van der Waals surface area contributed by atoms with Gasteiger partial charge in [-0.3, -0.25) is 8.42 Å². The van der Waals surface area contributed by atoms with Gasteiger partial charge in [-0.2, -0.15) is 9.13 Å². The lowest BCUT2D eigenvalue weighted by Gasteiger charge is -2.07. The zero-order valence-corrected chi connectivity index (χ0v) is 28.2. The van der Waals surface area contributed by atoms with Gasteiger partial charge in [0.05, 0.1) is 0 Å². The molecule has 2 unspecified atom stereocenters. The third-order valence-corrected chi connectivity index (χ3v) is 11.8. The van der Waals surface area contributed by atoms with Gasteiger partial charge in [0.25, 0.3) is 8.68 Å². The van der Waals surface area contributed by atoms with Crippen molar-refractivity contribution in [3.05, 3.63) is 120 Å². The van der Waals surface area contributed by atoms with Gasteiger partial charge >= 0.3 is 0 Å². The standard InChI is InChI=1S/2C16H16NS2.H2O4S/c2*1-12(13-8-4-3-5-9-13)18-16-17(2)14-10-6-7-11-15(14)19-16;1-5(2,3)4/h2*3-12H,1-2H3;(H2,1,2,3,4)/q2*+1;/p-2. The van der Waals surface area contributed by atoms with Gasteiger partial charge in [-0.05, 0) is 60.6 Å². The van der Waals surface area contributed by atoms with Gasteiger partial charge in [0.2, 0.25) is 11.0 Å². The highest BCUT2D eigenvalue weighted by atomic mass is 32.3. The molecule has 6 rings (SSSR count). The number of fused-ring (bicyclic) bond motifs is 2. The first-order valence-corrected chi connectivity index (χ1v) is 18.1. The normalized spacial score (nSPS) is 12.6. The molecule has 0 fully saturated rings. The lowest BCUT2D eigenvalue weighted by atomic mass is 10.2. The van der Waals surface area contributed by atoms with E-state index in [9.17, 15) is 0 Å². The van der Waals surface area contributed by atoms with Gasteiger partial charge in [0.1, 0.15) is 23.5 Å². The van der Waals surface area contributed by atoms with Crippen LogP contribution in [0.1, 0.15) is 35.5 Å². The maximum absolute atomic E-state index is 8.52. The van der Waals surface area contributed by atoms with Crippen LogP contribution in [0.4, 0.5) is 0 Å². The van der Waals surface area contributed by atoms with E-state index in [2.05, 4.69) is 146 Å². The Morgan fingerprint density at radius 3 is 1.21 bits per heavy atom. The van der Waals surface area contributed by atoms with Crippen LogP contribution in [0.5, 0.6) is 0 Å². The minimum absolute atomic E-state index is 0.473. The molecule has 6 aromatic rings. The summed E-state index contributed by atoms with van der Waals surface area (Å²) in [6.07, 6.45) is 0. The largest absolute Gasteiger partial charge is 0.759 e. The predicted octanol–water partition coefficient (Wildman–Crippen LogP) is 7.82. The van der Waals surface area contributed by atoms with Crippen LogP contribution < -0.4 is 9.13 Å². The van der Waals surface area contributed by atoms with Crippen LogP contribution in [-0.2, 0) is 24.5 Å². The number of aromatic nitrogens is 2. The molecule has 2 aromatic heterocycles. The lowest BCUT2D eigenvalue weighted by Crippen LogP contribution is -2.28. The van der Waals surface area contributed by atoms with Crippen LogP contribution in [0.3, 0.4) is 0 Å². The number of nitrogens with zero attached hydrogens (tertiary/aromatic N) is 2. The van der Waals surface area contributed by atoms with Crippen LogP contribution in [0.15, 0.2) is 118 Å². The minimum Gasteiger partial charge on any atom is -0.759 e. The molecule has 43 heavy (non-hydrogen) atoms. The Kier molecular flexibility index (Phi) is 11.8. The third-order valence-electron chi connectivity index (χ3n) is 6.49. The molecular formula is C32H32N2O4S5. The molecule has 0 amide bonds. The number of para-hydroxylation sites is 2. The van der Waals surface area contributed by atoms with Crippen molar-refractivity contribution in [3.63, 3.8) is 0 Å². The molecule has 0 aliphatic heterocycles. The van der Waals surface area contributed by atoms with Gasteiger partial charge in [0, 0.05) is 33.0 Å². The van der Waals surface area contributed by atoms with E-state index in [0.29, 0.717) is 10.5 Å². The topological polar surface area (TPSA) is 88.0 Å². The molecule has 0 saturated carbocycles. The Labute approximate surface area is 269 Å². The van der Waals surface area contributed by atoms with E-state index >= 15 is 0 Å². The summed E-state index contributed by atoms with van der Waals surface area (Å²) >= 11 is 7.61. The van der Waals surface area contributed by atoms with Gasteiger partial charge in [-0.1, -0.05) is 108 Å². The van der Waals surface area contributed by atoms with Crippen molar-refractivity contribution in [2.24, 2.45) is 14.1 Å². The van der Waals surface area contributed by atoms with E-state index < -0.39 is 10.4 Å². The minimum atomic E-state index is -5.17. The number of thiazole rings is 2. The quantitative estimate of drug-likeness (QED) is 0.0779. The third kappa shape index (κ3) is 9.61. The molecule has 4 aromatic carbocycles. The maximum atomic E-state index is 8.52. The molecule has 0 aliphatic rings. The Bertz CT molecular complexity index is 1740. The summed E-state index contributed by atoms with van der Waals surface area (Å²) < 4.78 is 44.1. The van der Waals surface area contributed by atoms with E-state index in [1.807, 2.05) is 46.2 Å². The number of benzene rings is 4. The summed E-state index contributed by atoms with van der Waals surface area (Å²) in [5.74, 6) is 0. The van der Waals surface area contributed by atoms with Crippen molar-refractivity contribution < 1.29 is 26.7 Å². The molecule has 224 valence electrons. The second kappa shape index (κ2) is 15.3. The van der Waals surface area contributed by atoms with Gasteiger partial charge < -0.3 is 9.11 Å². The highest BCUT2D eigenvalue weighted by molar-refractivity contribution is 8.01. The van der Waals surface area contributed by atoms with Crippen LogP contribution in [0.2, 0.25) is 0 Å². The van der Waals surface area contributed by atoms with Gasteiger partial charge in [-0.15, -0.1) is 0 Å². The van der Waals surface area contributed by atoms with E-state index in [1.54, 1.807) is 0 Å². The van der Waals surface area contributed by atoms with Crippen molar-refractivity contribution in [3.8, 4) is 0 Å². The SMILES string of the molecule is CC(Sc1sc2ccccc2[n+]1C)c1ccccc1.CC(Sc1sc2ccccc2[n+]1C)c1ccccc1.O=S(=O)([O-])[O-]. The van der Waals surface area contributed by atoms with Crippen molar-refractivity contribution in [2.75, 3.05) is 0 Å². The fourth-order valence-electron chi connectivity index (χ4n) is 4.26. The molecule has 0 spiro atoms. The zero-order chi connectivity index (χ0) is 31.0. The summed E-state index contributed by atoms with van der Waals surface area (Å²) in [5.41, 5.74) is 5.39. The first-order valence-electron chi connectivity index (χ1n) is 13.4. The number of aryl methyl sites for hydroxylation is 2. The fraction of sp³-hybridized carbons (Fsp3) is 0.188. The Balaban J connectivity index is 0.000000171. The van der Waals surface area contributed by atoms with Crippen molar-refractivity contribution in [1.29, 1.82) is 0 Å². The average molecular weight is 669 g/mol. The molecule has 2 heterocycles. The fourth-order valence-corrected chi connectivity index (χ4v) is 9.51. The number of rotatable bonds is 6. The first kappa shape index (κ1) is 33.1. The Morgan fingerprint density at radius 2 is 0.884 bits per heavy atom. The molecule has 0 bridgehead atoms. The molecule has 0 saturated heterocycles. The summed E-state index contributed by atoms with van der Waals surface area (Å²) in [7, 11) is -0.863. The van der Waals surface area contributed by atoms with Crippen LogP contribution in [0, 0.1) is 0 Å². The lowest BCUT2D eigenvalue weighted by molar-refractivity contribution is -0.677. The van der Waals surface area contributed by atoms with E-state index in [0.717, 1.165) is 0 Å². The number of hydrogen-bond acceptors (Lipinski definition) is 8. The van der Waals surface area contributed by atoms with E-state index in [4.69, 9.17) is 17.5 Å². The molecule has 0 N–H and O–H groups in total. The summed E-state index contributed by atoms with van der Waals surface area (Å²) in [5, 5.41) is 0.945. The van der Waals surface area contributed by atoms with Crippen LogP contribution >= 0.6 is 46.2 Å². The van der Waals surface area contributed by atoms with Crippen molar-refractivity contribution in [2.45, 2.75) is 33.0 Å². The molecule has 0 aliphatic carbocycles. The molecule has 11 heteroatoms. The van der Waals surface area contributed by atoms with Crippen LogP contribution in [-0.4, -0.2) is 17.5 Å². The Morgan fingerprint density at radius 1 is 0.581 bits per heavy atom. The zero-order valence-electron chi connectivity index (χ0n) is 24.1. The number of thioether (sulfide) groups is 2. The van der Waals surface area contributed by atoms with E-state index in [1.165, 1.54) is 40.2 Å². The average Bonchev–Trinajstić information content (AvgIpc) is 3.49. The van der Waals surface area contributed by atoms with E-state index in [-0.39, 0.29) is 0 Å². The van der Waals surface area contributed by atoms with Crippen LogP contribution in [0.25, 0.3) is 20.4 Å². The summed E-state index contributed by atoms with van der Waals surface area (Å²) in [4.78, 5) is 0. The summed E-state index contributed by atoms with van der Waals surface area (Å²) in [6, 6.07) is 38.5. The molecule has 6 nitrogen and oxygen atoms in total. The monoisotopic (exact) mass is 668 g/mol. The second-order valence-corrected chi connectivity index (χ2v) is 15.6. The highest BCUT2D eigenvalue weighted by Gasteiger charge is 2.21. The molecule has 0 radical (unpaired) electrons. The van der Waals surface area contributed by atoms with Crippen molar-refractivity contribution >= 4 is 77.0 Å². The molecule has 2 atom stereocenters. The van der Waals surface area contributed by atoms with Crippen molar-refractivity contribution in [1.82, 2.24) is 0 Å². The highest BCUT2D eigenvalue weighted by Crippen LogP contribution is 2.38. The smallest absolute Gasteiger partial charge is 0.298 e. The number of hydrogen-bond donors (Lipinski definition) is 0. The van der Waals surface area contributed by atoms with Gasteiger partial charge in [0.15, 0.2) is 0 Å². The second-order valence-electron chi connectivity index (χ2n) is 9.54. The van der Waals surface area contributed by atoms with Gasteiger partial charge in [-0.25, -0.2) is 0 Å². The maximum Gasteiger partial charge on any atom is 0.298 e. The molecular weight excluding hydrogens is 637 g/mol. The predicted molar refractivity (Wildman–Crippen MR) is 178 cm³/mol. The first-order chi connectivity index (χ1) is 20.5.